The predicted octanol–water partition coefficient (Wildman–Crippen LogP) is 1.42. The van der Waals surface area contributed by atoms with Crippen LogP contribution in [0.3, 0.4) is 0 Å². The summed E-state index contributed by atoms with van der Waals surface area (Å²) in [7, 11) is 2.30. The third-order valence-electron chi connectivity index (χ3n) is 3.80. The van der Waals surface area contributed by atoms with Crippen molar-refractivity contribution in [1.82, 2.24) is 9.80 Å². The van der Waals surface area contributed by atoms with E-state index in [1.807, 2.05) is 0 Å². The quantitative estimate of drug-likeness (QED) is 0.637. The molecule has 2 nitrogen and oxygen atoms in total. The SMILES string of the molecule is CCN1CC(C2CCCCN2C)C1. The van der Waals surface area contributed by atoms with E-state index in [2.05, 4.69) is 23.8 Å². The highest BCUT2D eigenvalue weighted by atomic mass is 15.2. The predicted molar refractivity (Wildman–Crippen MR) is 55.9 cm³/mol. The minimum Gasteiger partial charge on any atom is -0.303 e. The molecule has 2 aliphatic rings. The van der Waals surface area contributed by atoms with Gasteiger partial charge in [-0.05, 0) is 38.9 Å². The van der Waals surface area contributed by atoms with Crippen LogP contribution in [0.4, 0.5) is 0 Å². The van der Waals surface area contributed by atoms with Crippen LogP contribution in [0, 0.1) is 5.92 Å². The molecule has 0 N–H and O–H groups in total. The molecular formula is C11H22N2. The Morgan fingerprint density at radius 3 is 2.62 bits per heavy atom. The summed E-state index contributed by atoms with van der Waals surface area (Å²) in [6, 6.07) is 0.900. The van der Waals surface area contributed by atoms with Gasteiger partial charge in [-0.1, -0.05) is 13.3 Å². The zero-order valence-corrected chi connectivity index (χ0v) is 9.00. The summed E-state index contributed by atoms with van der Waals surface area (Å²) >= 11 is 0. The Hall–Kier alpha value is -0.0800. The fourth-order valence-corrected chi connectivity index (χ4v) is 2.81. The van der Waals surface area contributed by atoms with Crippen molar-refractivity contribution in [3.8, 4) is 0 Å². The van der Waals surface area contributed by atoms with E-state index in [1.165, 1.54) is 45.4 Å². The second-order valence-corrected chi connectivity index (χ2v) is 4.66. The van der Waals surface area contributed by atoms with Gasteiger partial charge in [0.05, 0.1) is 0 Å². The first kappa shape index (κ1) is 9.47. The van der Waals surface area contributed by atoms with Crippen molar-refractivity contribution in [2.75, 3.05) is 33.2 Å². The first-order valence-electron chi connectivity index (χ1n) is 5.74. The highest BCUT2D eigenvalue weighted by molar-refractivity contribution is 4.90. The zero-order valence-electron chi connectivity index (χ0n) is 9.00. The van der Waals surface area contributed by atoms with E-state index in [9.17, 15) is 0 Å². The second kappa shape index (κ2) is 3.97. The Labute approximate surface area is 81.9 Å². The maximum Gasteiger partial charge on any atom is 0.0145 e. The van der Waals surface area contributed by atoms with Gasteiger partial charge in [0.2, 0.25) is 0 Å². The number of likely N-dealkylation sites (tertiary alicyclic amines) is 2. The van der Waals surface area contributed by atoms with E-state index < -0.39 is 0 Å². The standard InChI is InChI=1S/C11H22N2/c1-3-13-8-10(9-13)11-6-4-5-7-12(11)2/h10-11H,3-9H2,1-2H3. The molecule has 1 atom stereocenters. The average molecular weight is 182 g/mol. The summed E-state index contributed by atoms with van der Waals surface area (Å²) in [5.41, 5.74) is 0. The minimum absolute atomic E-state index is 0.900. The summed E-state index contributed by atoms with van der Waals surface area (Å²) in [6.07, 6.45) is 4.31. The van der Waals surface area contributed by atoms with Gasteiger partial charge in [0, 0.05) is 19.1 Å². The molecule has 2 saturated heterocycles. The molecule has 0 aromatic rings. The number of piperidine rings is 1. The molecule has 0 saturated carbocycles. The number of hydrogen-bond acceptors (Lipinski definition) is 2. The molecule has 2 heterocycles. The monoisotopic (exact) mass is 182 g/mol. The third-order valence-corrected chi connectivity index (χ3v) is 3.80. The van der Waals surface area contributed by atoms with Gasteiger partial charge in [-0.15, -0.1) is 0 Å². The van der Waals surface area contributed by atoms with Crippen molar-refractivity contribution in [3.05, 3.63) is 0 Å². The molecule has 1 unspecified atom stereocenters. The first-order chi connectivity index (χ1) is 6.31. The van der Waals surface area contributed by atoms with Gasteiger partial charge in [-0.3, -0.25) is 0 Å². The molecule has 2 fully saturated rings. The molecule has 0 aliphatic carbocycles. The van der Waals surface area contributed by atoms with Crippen LogP contribution in [0.15, 0.2) is 0 Å². The number of rotatable bonds is 2. The molecule has 2 aliphatic heterocycles. The van der Waals surface area contributed by atoms with E-state index in [0.717, 1.165) is 12.0 Å². The van der Waals surface area contributed by atoms with Crippen molar-refractivity contribution in [1.29, 1.82) is 0 Å². The van der Waals surface area contributed by atoms with Gasteiger partial charge in [-0.25, -0.2) is 0 Å². The molecule has 2 heteroatoms. The maximum absolute atomic E-state index is 2.58. The maximum atomic E-state index is 2.58. The topological polar surface area (TPSA) is 6.48 Å². The van der Waals surface area contributed by atoms with Crippen LogP contribution in [-0.2, 0) is 0 Å². The van der Waals surface area contributed by atoms with Crippen molar-refractivity contribution in [2.45, 2.75) is 32.2 Å². The lowest BCUT2D eigenvalue weighted by Crippen LogP contribution is -2.56. The average Bonchev–Trinajstić information content (AvgIpc) is 2.06. The summed E-state index contributed by atoms with van der Waals surface area (Å²) < 4.78 is 0. The molecule has 0 spiro atoms. The first-order valence-corrected chi connectivity index (χ1v) is 5.74. The number of hydrogen-bond donors (Lipinski definition) is 0. The van der Waals surface area contributed by atoms with Gasteiger partial charge in [0.1, 0.15) is 0 Å². The molecule has 0 aromatic carbocycles. The van der Waals surface area contributed by atoms with Crippen LogP contribution < -0.4 is 0 Å². The zero-order chi connectivity index (χ0) is 9.26. The Morgan fingerprint density at radius 1 is 1.23 bits per heavy atom. The lowest BCUT2D eigenvalue weighted by molar-refractivity contribution is 0.0178. The van der Waals surface area contributed by atoms with Crippen molar-refractivity contribution < 1.29 is 0 Å². The summed E-state index contributed by atoms with van der Waals surface area (Å²) in [5.74, 6) is 0.977. The van der Waals surface area contributed by atoms with Crippen LogP contribution in [0.1, 0.15) is 26.2 Å². The summed E-state index contributed by atoms with van der Waals surface area (Å²) in [6.45, 7) is 7.54. The molecule has 0 radical (unpaired) electrons. The molecule has 0 bridgehead atoms. The van der Waals surface area contributed by atoms with Crippen LogP contribution in [-0.4, -0.2) is 49.1 Å². The van der Waals surface area contributed by atoms with Crippen molar-refractivity contribution in [2.24, 2.45) is 5.92 Å². The second-order valence-electron chi connectivity index (χ2n) is 4.66. The van der Waals surface area contributed by atoms with E-state index >= 15 is 0 Å². The normalized spacial score (nSPS) is 33.2. The molecule has 2 rings (SSSR count). The molecule has 0 amide bonds. The van der Waals surface area contributed by atoms with Crippen molar-refractivity contribution >= 4 is 0 Å². The van der Waals surface area contributed by atoms with E-state index in [1.54, 1.807) is 0 Å². The van der Waals surface area contributed by atoms with Gasteiger partial charge >= 0.3 is 0 Å². The Bertz CT molecular complexity index is 163. The Morgan fingerprint density at radius 2 is 2.00 bits per heavy atom. The highest BCUT2D eigenvalue weighted by Gasteiger charge is 2.35. The third kappa shape index (κ3) is 1.89. The Kier molecular flexibility index (Phi) is 2.89. The highest BCUT2D eigenvalue weighted by Crippen LogP contribution is 2.28. The fourth-order valence-electron chi connectivity index (χ4n) is 2.81. The Balaban J connectivity index is 1.80. The van der Waals surface area contributed by atoms with Gasteiger partial charge in [-0.2, -0.15) is 0 Å². The van der Waals surface area contributed by atoms with Gasteiger partial charge in [0.15, 0.2) is 0 Å². The van der Waals surface area contributed by atoms with Crippen LogP contribution >= 0.6 is 0 Å². The summed E-state index contributed by atoms with van der Waals surface area (Å²) in [5, 5.41) is 0. The van der Waals surface area contributed by atoms with Gasteiger partial charge in [0.25, 0.3) is 0 Å². The lowest BCUT2D eigenvalue weighted by Gasteiger charge is -2.47. The minimum atomic E-state index is 0.900. The molecule has 76 valence electrons. The number of nitrogens with zero attached hydrogens (tertiary/aromatic N) is 2. The van der Waals surface area contributed by atoms with E-state index in [-0.39, 0.29) is 0 Å². The van der Waals surface area contributed by atoms with Gasteiger partial charge < -0.3 is 9.80 Å². The van der Waals surface area contributed by atoms with Crippen LogP contribution in [0.25, 0.3) is 0 Å². The smallest absolute Gasteiger partial charge is 0.0145 e. The largest absolute Gasteiger partial charge is 0.303 e. The van der Waals surface area contributed by atoms with Crippen LogP contribution in [0.2, 0.25) is 0 Å². The fraction of sp³-hybridized carbons (Fsp3) is 1.00. The lowest BCUT2D eigenvalue weighted by atomic mass is 9.85. The van der Waals surface area contributed by atoms with Crippen molar-refractivity contribution in [3.63, 3.8) is 0 Å². The molecule has 13 heavy (non-hydrogen) atoms. The van der Waals surface area contributed by atoms with Crippen LogP contribution in [0.5, 0.6) is 0 Å². The molecular weight excluding hydrogens is 160 g/mol. The summed E-state index contributed by atoms with van der Waals surface area (Å²) in [4.78, 5) is 5.13. The van der Waals surface area contributed by atoms with E-state index in [0.29, 0.717) is 0 Å². The molecule has 0 aromatic heterocycles. The van der Waals surface area contributed by atoms with E-state index in [4.69, 9.17) is 0 Å².